The van der Waals surface area contributed by atoms with Gasteiger partial charge >= 0.3 is 0 Å². The summed E-state index contributed by atoms with van der Waals surface area (Å²) in [5.74, 6) is 1.82. The van der Waals surface area contributed by atoms with E-state index in [1.165, 1.54) is 76.5 Å². The molecular formula is C46H28O. The van der Waals surface area contributed by atoms with Gasteiger partial charge in [0.05, 0.1) is 0 Å². The standard InChI is InChI=1S/C46H28O/c1-2-13-29(14-3-1)32-27-31-15-4-5-18-33(31)41(28-32)45-36-21-8-6-19-34(36)44(35-20-7-9-22-37(35)45)40-25-12-24-39-38-23-10-16-30-17-11-26-42(43(30)38)47-46(39)40/h1-28H. The van der Waals surface area contributed by atoms with Gasteiger partial charge in [-0.2, -0.15) is 0 Å². The van der Waals surface area contributed by atoms with Gasteiger partial charge in [0.2, 0.25) is 0 Å². The third kappa shape index (κ3) is 3.90. The molecule has 1 heterocycles. The number of hydrogen-bond donors (Lipinski definition) is 0. The van der Waals surface area contributed by atoms with Gasteiger partial charge < -0.3 is 4.74 Å². The van der Waals surface area contributed by atoms with Gasteiger partial charge in [-0.25, -0.2) is 0 Å². The van der Waals surface area contributed by atoms with Gasteiger partial charge in [-0.05, 0) is 83.7 Å². The van der Waals surface area contributed by atoms with Crippen molar-refractivity contribution in [2.24, 2.45) is 0 Å². The number of benzene rings is 9. The van der Waals surface area contributed by atoms with Crippen LogP contribution in [0.2, 0.25) is 0 Å². The highest BCUT2D eigenvalue weighted by molar-refractivity contribution is 6.24. The Labute approximate surface area is 272 Å². The molecule has 0 saturated heterocycles. The number of rotatable bonds is 3. The Morgan fingerprint density at radius 1 is 0.319 bits per heavy atom. The molecule has 0 aromatic heterocycles. The molecule has 0 bridgehead atoms. The minimum absolute atomic E-state index is 0.910. The van der Waals surface area contributed by atoms with Crippen molar-refractivity contribution in [1.29, 1.82) is 0 Å². The average molecular weight is 597 g/mol. The van der Waals surface area contributed by atoms with E-state index in [9.17, 15) is 0 Å². The number of ether oxygens (including phenoxy) is 1. The fourth-order valence-electron chi connectivity index (χ4n) is 7.81. The smallest absolute Gasteiger partial charge is 0.143 e. The Balaban J connectivity index is 1.31. The molecule has 0 fully saturated rings. The third-order valence-electron chi connectivity index (χ3n) is 9.82. The molecule has 0 radical (unpaired) electrons. The maximum absolute atomic E-state index is 6.87. The molecular weight excluding hydrogens is 569 g/mol. The zero-order valence-electron chi connectivity index (χ0n) is 25.6. The molecule has 1 aliphatic heterocycles. The lowest BCUT2D eigenvalue weighted by atomic mass is 9.82. The zero-order valence-corrected chi connectivity index (χ0v) is 25.6. The van der Waals surface area contributed by atoms with Crippen LogP contribution in [0.1, 0.15) is 0 Å². The maximum atomic E-state index is 6.87. The van der Waals surface area contributed by atoms with Crippen LogP contribution in [-0.2, 0) is 0 Å². The molecule has 218 valence electrons. The van der Waals surface area contributed by atoms with E-state index in [1.807, 2.05) is 0 Å². The highest BCUT2D eigenvalue weighted by Crippen LogP contribution is 2.53. The average Bonchev–Trinajstić information content (AvgIpc) is 3.14. The summed E-state index contributed by atoms with van der Waals surface area (Å²) in [6.07, 6.45) is 0. The van der Waals surface area contributed by atoms with Crippen molar-refractivity contribution in [3.63, 3.8) is 0 Å². The Morgan fingerprint density at radius 3 is 1.57 bits per heavy atom. The molecule has 0 N–H and O–H groups in total. The zero-order chi connectivity index (χ0) is 30.9. The Kier molecular flexibility index (Phi) is 5.64. The van der Waals surface area contributed by atoms with Crippen LogP contribution in [-0.4, -0.2) is 0 Å². The van der Waals surface area contributed by atoms with E-state index >= 15 is 0 Å². The van der Waals surface area contributed by atoms with Crippen LogP contribution >= 0.6 is 0 Å². The minimum atomic E-state index is 0.910. The van der Waals surface area contributed by atoms with Gasteiger partial charge in [0, 0.05) is 22.1 Å². The van der Waals surface area contributed by atoms with Gasteiger partial charge in [-0.3, -0.25) is 0 Å². The predicted molar refractivity (Wildman–Crippen MR) is 198 cm³/mol. The lowest BCUT2D eigenvalue weighted by molar-refractivity contribution is 0.489. The van der Waals surface area contributed by atoms with Crippen LogP contribution in [0.5, 0.6) is 11.5 Å². The normalized spacial score (nSPS) is 12.0. The van der Waals surface area contributed by atoms with Crippen molar-refractivity contribution in [2.45, 2.75) is 0 Å². The van der Waals surface area contributed by atoms with Gasteiger partial charge in [0.15, 0.2) is 0 Å². The van der Waals surface area contributed by atoms with Crippen LogP contribution < -0.4 is 4.74 Å². The van der Waals surface area contributed by atoms with E-state index < -0.39 is 0 Å². The molecule has 0 spiro atoms. The summed E-state index contributed by atoms with van der Waals surface area (Å²) in [5, 5.41) is 9.74. The summed E-state index contributed by atoms with van der Waals surface area (Å²) in [4.78, 5) is 0. The molecule has 0 unspecified atom stereocenters. The van der Waals surface area contributed by atoms with E-state index in [1.54, 1.807) is 0 Å². The van der Waals surface area contributed by atoms with Crippen LogP contribution in [0.4, 0.5) is 0 Å². The second-order valence-corrected chi connectivity index (χ2v) is 12.4. The van der Waals surface area contributed by atoms with Gasteiger partial charge in [-0.1, -0.05) is 152 Å². The Morgan fingerprint density at radius 2 is 0.851 bits per heavy atom. The van der Waals surface area contributed by atoms with Crippen molar-refractivity contribution in [3.8, 4) is 56.0 Å². The minimum Gasteiger partial charge on any atom is -0.455 e. The van der Waals surface area contributed by atoms with Crippen LogP contribution in [0.15, 0.2) is 170 Å². The topological polar surface area (TPSA) is 9.23 Å². The summed E-state index contributed by atoms with van der Waals surface area (Å²) in [5.41, 5.74) is 9.59. The molecule has 0 atom stereocenters. The highest BCUT2D eigenvalue weighted by atomic mass is 16.5. The number of hydrogen-bond acceptors (Lipinski definition) is 1. The summed E-state index contributed by atoms with van der Waals surface area (Å²) < 4.78 is 6.87. The van der Waals surface area contributed by atoms with Crippen molar-refractivity contribution >= 4 is 43.1 Å². The molecule has 1 nitrogen and oxygen atoms in total. The summed E-state index contributed by atoms with van der Waals surface area (Å²) in [7, 11) is 0. The Hall–Kier alpha value is -6.18. The molecule has 0 saturated carbocycles. The fourth-order valence-corrected chi connectivity index (χ4v) is 7.81. The van der Waals surface area contributed by atoms with Crippen molar-refractivity contribution in [2.75, 3.05) is 0 Å². The second-order valence-electron chi connectivity index (χ2n) is 12.4. The molecule has 10 rings (SSSR count). The first kappa shape index (κ1) is 26.1. The highest BCUT2D eigenvalue weighted by Gasteiger charge is 2.26. The molecule has 47 heavy (non-hydrogen) atoms. The molecule has 9 aromatic carbocycles. The molecule has 0 aliphatic carbocycles. The van der Waals surface area contributed by atoms with Crippen LogP contribution in [0, 0.1) is 0 Å². The molecule has 1 heteroatoms. The van der Waals surface area contributed by atoms with E-state index in [4.69, 9.17) is 4.74 Å². The molecule has 1 aliphatic rings. The Bertz CT molecular complexity index is 2640. The third-order valence-corrected chi connectivity index (χ3v) is 9.82. The first-order valence-corrected chi connectivity index (χ1v) is 16.2. The first-order chi connectivity index (χ1) is 23.3. The first-order valence-electron chi connectivity index (χ1n) is 16.2. The lowest BCUT2D eigenvalue weighted by Gasteiger charge is -2.25. The quantitative estimate of drug-likeness (QED) is 0.184. The molecule has 0 amide bonds. The summed E-state index contributed by atoms with van der Waals surface area (Å²) >= 11 is 0. The monoisotopic (exact) mass is 596 g/mol. The summed E-state index contributed by atoms with van der Waals surface area (Å²) in [6, 6.07) is 61.5. The fraction of sp³-hybridized carbons (Fsp3) is 0. The number of para-hydroxylation sites is 1. The van der Waals surface area contributed by atoms with E-state index in [0.29, 0.717) is 0 Å². The molecule has 9 aromatic rings. The predicted octanol–water partition coefficient (Wildman–Crippen LogP) is 13.1. The van der Waals surface area contributed by atoms with Crippen molar-refractivity contribution in [1.82, 2.24) is 0 Å². The van der Waals surface area contributed by atoms with Gasteiger partial charge in [-0.15, -0.1) is 0 Å². The van der Waals surface area contributed by atoms with E-state index in [-0.39, 0.29) is 0 Å². The summed E-state index contributed by atoms with van der Waals surface area (Å²) in [6.45, 7) is 0. The number of fused-ring (bicyclic) bond motifs is 5. The van der Waals surface area contributed by atoms with Crippen LogP contribution in [0.3, 0.4) is 0 Å². The largest absolute Gasteiger partial charge is 0.455 e. The van der Waals surface area contributed by atoms with Gasteiger partial charge in [0.1, 0.15) is 11.5 Å². The maximum Gasteiger partial charge on any atom is 0.143 e. The second kappa shape index (κ2) is 10.2. The van der Waals surface area contributed by atoms with E-state index in [2.05, 4.69) is 170 Å². The SMILES string of the molecule is c1ccc(-c2cc(-c3c4ccccc4c(-c4cccc5c4Oc4cccc6cccc-5c46)c4ccccc34)c3ccccc3c2)cc1. The van der Waals surface area contributed by atoms with Crippen molar-refractivity contribution < 1.29 is 4.74 Å². The van der Waals surface area contributed by atoms with E-state index in [0.717, 1.165) is 22.6 Å². The van der Waals surface area contributed by atoms with Gasteiger partial charge in [0.25, 0.3) is 0 Å². The van der Waals surface area contributed by atoms with Crippen molar-refractivity contribution in [3.05, 3.63) is 170 Å². The lowest BCUT2D eigenvalue weighted by Crippen LogP contribution is -2.00. The van der Waals surface area contributed by atoms with Crippen LogP contribution in [0.25, 0.3) is 87.6 Å².